The minimum absolute atomic E-state index is 0.908. The molecule has 1 nitrogen and oxygen atoms in total. The van der Waals surface area contributed by atoms with Gasteiger partial charge < -0.3 is 5.32 Å². The summed E-state index contributed by atoms with van der Waals surface area (Å²) in [6.07, 6.45) is 7.07. The minimum atomic E-state index is 0.908. The molecule has 0 amide bonds. The number of fused-ring (bicyclic) bond motifs is 1. The summed E-state index contributed by atoms with van der Waals surface area (Å²) in [5.41, 5.74) is 0. The molecule has 1 aliphatic rings. The summed E-state index contributed by atoms with van der Waals surface area (Å²) in [5.74, 6) is 0.963. The van der Waals surface area contributed by atoms with E-state index in [4.69, 9.17) is 11.6 Å². The Morgan fingerprint density at radius 3 is 2.79 bits per heavy atom. The summed E-state index contributed by atoms with van der Waals surface area (Å²) in [4.78, 5) is 1.27. The molecule has 102 valence electrons. The largest absolute Gasteiger partial charge is 0.312 e. The predicted octanol–water partition coefficient (Wildman–Crippen LogP) is 5.22. The van der Waals surface area contributed by atoms with Crippen molar-refractivity contribution in [3.8, 4) is 0 Å². The van der Waals surface area contributed by atoms with Crippen molar-refractivity contribution in [2.24, 2.45) is 5.92 Å². The molecule has 1 N–H and O–H groups in total. The van der Waals surface area contributed by atoms with Gasteiger partial charge in [-0.25, -0.2) is 0 Å². The topological polar surface area (TPSA) is 12.0 Å². The third-order valence-corrected chi connectivity index (χ3v) is 5.81. The van der Waals surface area contributed by atoms with Crippen molar-refractivity contribution in [2.75, 3.05) is 6.54 Å². The third-order valence-electron chi connectivity index (χ3n) is 4.09. The molecule has 19 heavy (non-hydrogen) atoms. The van der Waals surface area contributed by atoms with Crippen LogP contribution in [-0.4, -0.2) is 6.54 Å². The van der Waals surface area contributed by atoms with Gasteiger partial charge in [0.15, 0.2) is 0 Å². The Balaban J connectivity index is 1.54. The number of nitrogens with one attached hydrogen (secondary N) is 1. The van der Waals surface area contributed by atoms with Gasteiger partial charge in [0.05, 0.1) is 5.02 Å². The number of rotatable bonds is 5. The molecule has 1 aromatic carbocycles. The van der Waals surface area contributed by atoms with Crippen LogP contribution in [0.3, 0.4) is 0 Å². The van der Waals surface area contributed by atoms with Crippen molar-refractivity contribution in [3.63, 3.8) is 0 Å². The molecule has 1 aromatic heterocycles. The molecule has 0 saturated heterocycles. The molecular formula is C16H20ClNS. The summed E-state index contributed by atoms with van der Waals surface area (Å²) in [7, 11) is 0. The van der Waals surface area contributed by atoms with E-state index < -0.39 is 0 Å². The van der Waals surface area contributed by atoms with E-state index in [0.717, 1.165) is 24.0 Å². The molecule has 1 heterocycles. The summed E-state index contributed by atoms with van der Waals surface area (Å²) in [6, 6.07) is 8.38. The van der Waals surface area contributed by atoms with E-state index >= 15 is 0 Å². The van der Waals surface area contributed by atoms with Gasteiger partial charge >= 0.3 is 0 Å². The predicted molar refractivity (Wildman–Crippen MR) is 85.1 cm³/mol. The second-order valence-corrected chi connectivity index (χ2v) is 6.97. The maximum absolute atomic E-state index is 6.43. The number of hydrogen-bond donors (Lipinski definition) is 1. The highest BCUT2D eigenvalue weighted by molar-refractivity contribution is 7.19. The Hall–Kier alpha value is -0.570. The van der Waals surface area contributed by atoms with Crippen molar-refractivity contribution in [2.45, 2.75) is 38.6 Å². The highest BCUT2D eigenvalue weighted by atomic mass is 35.5. The first kappa shape index (κ1) is 13.4. The van der Waals surface area contributed by atoms with Crippen LogP contribution in [0.1, 0.15) is 37.0 Å². The van der Waals surface area contributed by atoms with Crippen molar-refractivity contribution >= 4 is 33.0 Å². The maximum Gasteiger partial charge on any atom is 0.0636 e. The monoisotopic (exact) mass is 293 g/mol. The second-order valence-electron chi connectivity index (χ2n) is 5.45. The van der Waals surface area contributed by atoms with Crippen LogP contribution in [0, 0.1) is 5.92 Å². The van der Waals surface area contributed by atoms with Crippen molar-refractivity contribution in [3.05, 3.63) is 34.2 Å². The fraction of sp³-hybridized carbons (Fsp3) is 0.500. The lowest BCUT2D eigenvalue weighted by Crippen LogP contribution is -2.16. The molecule has 2 aromatic rings. The average Bonchev–Trinajstić information content (AvgIpc) is 3.04. The van der Waals surface area contributed by atoms with Crippen LogP contribution in [0.15, 0.2) is 24.3 Å². The smallest absolute Gasteiger partial charge is 0.0636 e. The van der Waals surface area contributed by atoms with E-state index in [1.165, 1.54) is 47.1 Å². The van der Waals surface area contributed by atoms with E-state index in [9.17, 15) is 0 Å². The zero-order valence-electron chi connectivity index (χ0n) is 11.1. The Morgan fingerprint density at radius 1 is 1.21 bits per heavy atom. The molecule has 1 aliphatic carbocycles. The van der Waals surface area contributed by atoms with E-state index in [1.54, 1.807) is 0 Å². The molecular weight excluding hydrogens is 274 g/mol. The maximum atomic E-state index is 6.43. The number of benzene rings is 1. The zero-order valence-corrected chi connectivity index (χ0v) is 12.7. The van der Waals surface area contributed by atoms with Crippen LogP contribution >= 0.6 is 22.9 Å². The molecule has 0 radical (unpaired) electrons. The fourth-order valence-electron chi connectivity index (χ4n) is 2.99. The van der Waals surface area contributed by atoms with E-state index in [2.05, 4.69) is 29.6 Å². The Bertz CT molecular complexity index is 543. The van der Waals surface area contributed by atoms with Crippen molar-refractivity contribution < 1.29 is 0 Å². The van der Waals surface area contributed by atoms with Gasteiger partial charge in [-0.15, -0.1) is 11.3 Å². The lowest BCUT2D eigenvalue weighted by Gasteiger charge is -2.09. The number of thiophene rings is 1. The van der Waals surface area contributed by atoms with Gasteiger partial charge in [0, 0.05) is 21.5 Å². The van der Waals surface area contributed by atoms with E-state index in [1.807, 2.05) is 11.3 Å². The molecule has 1 saturated carbocycles. The van der Waals surface area contributed by atoms with Crippen LogP contribution in [0.25, 0.3) is 10.1 Å². The first-order valence-corrected chi connectivity index (χ1v) is 8.40. The average molecular weight is 294 g/mol. The Kier molecular flexibility index (Phi) is 4.42. The molecule has 0 atom stereocenters. The van der Waals surface area contributed by atoms with Gasteiger partial charge in [0.25, 0.3) is 0 Å². The van der Waals surface area contributed by atoms with Crippen LogP contribution in [0.4, 0.5) is 0 Å². The van der Waals surface area contributed by atoms with E-state index in [0.29, 0.717) is 0 Å². The molecule has 0 unspecified atom stereocenters. The van der Waals surface area contributed by atoms with Crippen LogP contribution in [0.5, 0.6) is 0 Å². The molecule has 3 rings (SSSR count). The quantitative estimate of drug-likeness (QED) is 0.745. The SMILES string of the molecule is Clc1c(CNCCC2CCCC2)sc2ccccc12. The van der Waals surface area contributed by atoms with Gasteiger partial charge in [-0.2, -0.15) is 0 Å². The lowest BCUT2D eigenvalue weighted by atomic mass is 10.0. The first-order valence-electron chi connectivity index (χ1n) is 7.21. The van der Waals surface area contributed by atoms with Gasteiger partial charge in [-0.05, 0) is 24.9 Å². The normalized spacial score (nSPS) is 16.5. The molecule has 0 spiro atoms. The summed E-state index contributed by atoms with van der Waals surface area (Å²) in [5, 5.41) is 5.69. The van der Waals surface area contributed by atoms with E-state index in [-0.39, 0.29) is 0 Å². The van der Waals surface area contributed by atoms with Crippen molar-refractivity contribution in [1.29, 1.82) is 0 Å². The zero-order chi connectivity index (χ0) is 13.1. The standard InChI is InChI=1S/C16H20ClNS/c17-16-13-7-3-4-8-14(13)19-15(16)11-18-10-9-12-5-1-2-6-12/h3-4,7-8,12,18H,1-2,5-6,9-11H2. The Labute approximate surface area is 124 Å². The number of hydrogen-bond acceptors (Lipinski definition) is 2. The van der Waals surface area contributed by atoms with Crippen LogP contribution < -0.4 is 5.32 Å². The Morgan fingerprint density at radius 2 is 2.00 bits per heavy atom. The summed E-state index contributed by atoms with van der Waals surface area (Å²) < 4.78 is 1.29. The second kappa shape index (κ2) is 6.25. The van der Waals surface area contributed by atoms with Crippen molar-refractivity contribution in [1.82, 2.24) is 5.32 Å². The van der Waals surface area contributed by atoms with Gasteiger partial charge in [-0.3, -0.25) is 0 Å². The highest BCUT2D eigenvalue weighted by Crippen LogP contribution is 2.35. The molecule has 3 heteroatoms. The minimum Gasteiger partial charge on any atom is -0.312 e. The summed E-state index contributed by atoms with van der Waals surface area (Å²) >= 11 is 8.25. The van der Waals surface area contributed by atoms with Crippen LogP contribution in [-0.2, 0) is 6.54 Å². The first-order chi connectivity index (χ1) is 9.34. The van der Waals surface area contributed by atoms with Gasteiger partial charge in [0.2, 0.25) is 0 Å². The van der Waals surface area contributed by atoms with Crippen LogP contribution in [0.2, 0.25) is 5.02 Å². The van der Waals surface area contributed by atoms with Gasteiger partial charge in [-0.1, -0.05) is 55.5 Å². The third kappa shape index (κ3) is 3.13. The fourth-order valence-corrected chi connectivity index (χ4v) is 4.45. The lowest BCUT2D eigenvalue weighted by molar-refractivity contribution is 0.478. The molecule has 0 aliphatic heterocycles. The molecule has 0 bridgehead atoms. The number of halogens is 1. The molecule has 1 fully saturated rings. The van der Waals surface area contributed by atoms with Gasteiger partial charge in [0.1, 0.15) is 0 Å². The summed E-state index contributed by atoms with van der Waals surface area (Å²) in [6.45, 7) is 2.03. The highest BCUT2D eigenvalue weighted by Gasteiger charge is 2.14.